The number of rotatable bonds is 6. The number of thioether (sulfide) groups is 1. The molecule has 0 saturated carbocycles. The molecule has 0 radical (unpaired) electrons. The Kier molecular flexibility index (Phi) is 6.23. The van der Waals surface area contributed by atoms with Gasteiger partial charge in [0, 0.05) is 16.9 Å². The molecule has 1 saturated heterocycles. The molecular weight excluding hydrogens is 444 g/mol. The van der Waals surface area contributed by atoms with Gasteiger partial charge in [-0.2, -0.15) is 0 Å². The minimum absolute atomic E-state index is 0.0764. The smallest absolute Gasteiger partial charge is 0.256 e. The Morgan fingerprint density at radius 3 is 2.47 bits per heavy atom. The molecule has 0 bridgehead atoms. The van der Waals surface area contributed by atoms with E-state index < -0.39 is 0 Å². The van der Waals surface area contributed by atoms with Gasteiger partial charge in [-0.1, -0.05) is 48.5 Å². The summed E-state index contributed by atoms with van der Waals surface area (Å²) in [4.78, 5) is 27.4. The first kappa shape index (κ1) is 22.0. The quantitative estimate of drug-likeness (QED) is 0.362. The molecule has 0 aromatic heterocycles. The first-order valence-electron chi connectivity index (χ1n) is 11.2. The molecule has 5 nitrogen and oxygen atoms in total. The third-order valence-electron chi connectivity index (χ3n) is 5.78. The number of ether oxygens (including phenoxy) is 1. The highest BCUT2D eigenvalue weighted by Crippen LogP contribution is 2.42. The van der Waals surface area contributed by atoms with E-state index in [0.717, 1.165) is 27.8 Å². The minimum Gasteiger partial charge on any atom is -0.494 e. The molecule has 0 spiro atoms. The third kappa shape index (κ3) is 4.37. The molecule has 6 heteroatoms. The lowest BCUT2D eigenvalue weighted by Gasteiger charge is -2.24. The van der Waals surface area contributed by atoms with Crippen LogP contribution in [0.15, 0.2) is 91.0 Å². The Hall–Kier alpha value is -3.77. The van der Waals surface area contributed by atoms with Gasteiger partial charge >= 0.3 is 0 Å². The second-order valence-corrected chi connectivity index (χ2v) is 9.03. The molecule has 4 aromatic rings. The van der Waals surface area contributed by atoms with Crippen LogP contribution in [-0.4, -0.2) is 24.2 Å². The van der Waals surface area contributed by atoms with Crippen molar-refractivity contribution in [1.29, 1.82) is 0 Å². The number of hydrogen-bond acceptors (Lipinski definition) is 4. The van der Waals surface area contributed by atoms with Gasteiger partial charge in [-0.15, -0.1) is 11.8 Å². The summed E-state index contributed by atoms with van der Waals surface area (Å²) >= 11 is 1.60. The number of nitrogens with zero attached hydrogens (tertiary/aromatic N) is 1. The lowest BCUT2D eigenvalue weighted by Crippen LogP contribution is -2.27. The van der Waals surface area contributed by atoms with Crippen LogP contribution >= 0.6 is 11.8 Å². The van der Waals surface area contributed by atoms with E-state index in [1.165, 1.54) is 0 Å². The predicted molar refractivity (Wildman–Crippen MR) is 139 cm³/mol. The van der Waals surface area contributed by atoms with Gasteiger partial charge in [-0.3, -0.25) is 14.5 Å². The van der Waals surface area contributed by atoms with E-state index in [9.17, 15) is 9.59 Å². The van der Waals surface area contributed by atoms with Gasteiger partial charge in [0.2, 0.25) is 5.91 Å². The zero-order valence-corrected chi connectivity index (χ0v) is 19.5. The van der Waals surface area contributed by atoms with Crippen molar-refractivity contribution in [2.75, 3.05) is 22.6 Å². The number of amides is 2. The molecule has 1 fully saturated rings. The monoisotopic (exact) mass is 468 g/mol. The standard InChI is InChI=1S/C28H24N2O3S/c1-2-33-23-16-14-22(15-17-23)30-26(31)18-34-28(30)20-10-12-21(13-11-20)29-27(32)25-9-5-7-19-6-3-4-8-24(19)25/h3-17,28H,2,18H2,1H3,(H,29,32)/t28-/m1/s1. The maximum Gasteiger partial charge on any atom is 0.256 e. The Morgan fingerprint density at radius 1 is 0.971 bits per heavy atom. The fourth-order valence-corrected chi connectivity index (χ4v) is 5.35. The van der Waals surface area contributed by atoms with E-state index in [0.29, 0.717) is 23.6 Å². The van der Waals surface area contributed by atoms with Gasteiger partial charge < -0.3 is 10.1 Å². The van der Waals surface area contributed by atoms with Crippen molar-refractivity contribution in [1.82, 2.24) is 0 Å². The Balaban J connectivity index is 1.34. The SMILES string of the molecule is CCOc1ccc(N2C(=O)CS[C@@H]2c2ccc(NC(=O)c3cccc4ccccc34)cc2)cc1. The zero-order valence-electron chi connectivity index (χ0n) is 18.7. The zero-order chi connectivity index (χ0) is 23.5. The van der Waals surface area contributed by atoms with Crippen LogP contribution in [0.25, 0.3) is 10.8 Å². The summed E-state index contributed by atoms with van der Waals surface area (Å²) in [6.07, 6.45) is 0. The van der Waals surface area contributed by atoms with Crippen LogP contribution < -0.4 is 15.0 Å². The maximum atomic E-state index is 12.9. The maximum absolute atomic E-state index is 12.9. The molecule has 2 amide bonds. The van der Waals surface area contributed by atoms with E-state index in [4.69, 9.17) is 4.74 Å². The van der Waals surface area contributed by atoms with Crippen molar-refractivity contribution in [3.63, 3.8) is 0 Å². The molecule has 34 heavy (non-hydrogen) atoms. The van der Waals surface area contributed by atoms with E-state index >= 15 is 0 Å². The summed E-state index contributed by atoms with van der Waals surface area (Å²) in [5.41, 5.74) is 3.20. The van der Waals surface area contributed by atoms with Crippen molar-refractivity contribution in [2.45, 2.75) is 12.3 Å². The minimum atomic E-state index is -0.147. The molecule has 170 valence electrons. The van der Waals surface area contributed by atoms with Crippen LogP contribution in [0.3, 0.4) is 0 Å². The van der Waals surface area contributed by atoms with Gasteiger partial charge in [0.15, 0.2) is 0 Å². The molecule has 5 rings (SSSR count). The van der Waals surface area contributed by atoms with Gasteiger partial charge in [0.05, 0.1) is 12.4 Å². The number of nitrogens with one attached hydrogen (secondary N) is 1. The first-order valence-corrected chi connectivity index (χ1v) is 12.2. The highest BCUT2D eigenvalue weighted by atomic mass is 32.2. The number of carbonyl (C=O) groups is 2. The Bertz CT molecular complexity index is 1330. The largest absolute Gasteiger partial charge is 0.494 e. The number of anilines is 2. The van der Waals surface area contributed by atoms with E-state index in [1.54, 1.807) is 11.8 Å². The molecule has 1 atom stereocenters. The van der Waals surface area contributed by atoms with E-state index in [-0.39, 0.29) is 17.2 Å². The lowest BCUT2D eigenvalue weighted by atomic mass is 10.0. The summed E-state index contributed by atoms with van der Waals surface area (Å²) in [7, 11) is 0. The summed E-state index contributed by atoms with van der Waals surface area (Å²) in [6.45, 7) is 2.54. The van der Waals surface area contributed by atoms with Crippen LogP contribution in [0.5, 0.6) is 5.75 Å². The van der Waals surface area contributed by atoms with Gasteiger partial charge in [-0.25, -0.2) is 0 Å². The summed E-state index contributed by atoms with van der Waals surface area (Å²) in [5, 5.41) is 4.83. The normalized spacial score (nSPS) is 15.5. The Labute approximate surface area is 202 Å². The molecule has 0 unspecified atom stereocenters. The van der Waals surface area contributed by atoms with Crippen LogP contribution in [0.2, 0.25) is 0 Å². The molecule has 0 aliphatic carbocycles. The Morgan fingerprint density at radius 2 is 1.71 bits per heavy atom. The molecule has 1 aliphatic rings. The highest BCUT2D eigenvalue weighted by molar-refractivity contribution is 8.00. The fourth-order valence-electron chi connectivity index (χ4n) is 4.17. The van der Waals surface area contributed by atoms with Crippen molar-refractivity contribution < 1.29 is 14.3 Å². The van der Waals surface area contributed by atoms with Crippen molar-refractivity contribution in [2.24, 2.45) is 0 Å². The fraction of sp³-hybridized carbons (Fsp3) is 0.143. The van der Waals surface area contributed by atoms with Gasteiger partial charge in [-0.05, 0) is 65.7 Å². The number of carbonyl (C=O) groups excluding carboxylic acids is 2. The average Bonchev–Trinajstić information content (AvgIpc) is 3.26. The predicted octanol–water partition coefficient (Wildman–Crippen LogP) is 6.27. The first-order chi connectivity index (χ1) is 16.6. The van der Waals surface area contributed by atoms with Crippen LogP contribution in [0.4, 0.5) is 11.4 Å². The second kappa shape index (κ2) is 9.61. The molecule has 4 aromatic carbocycles. The lowest BCUT2D eigenvalue weighted by molar-refractivity contribution is -0.115. The van der Waals surface area contributed by atoms with Crippen molar-refractivity contribution in [3.05, 3.63) is 102 Å². The number of hydrogen-bond donors (Lipinski definition) is 1. The summed E-state index contributed by atoms with van der Waals surface area (Å²) < 4.78 is 5.52. The van der Waals surface area contributed by atoms with Crippen molar-refractivity contribution >= 4 is 45.7 Å². The molecule has 1 N–H and O–H groups in total. The van der Waals surface area contributed by atoms with Crippen LogP contribution in [-0.2, 0) is 4.79 Å². The highest BCUT2D eigenvalue weighted by Gasteiger charge is 2.34. The molecule has 1 heterocycles. The van der Waals surface area contributed by atoms with E-state index in [2.05, 4.69) is 5.32 Å². The van der Waals surface area contributed by atoms with Gasteiger partial charge in [0.25, 0.3) is 5.91 Å². The topological polar surface area (TPSA) is 58.6 Å². The number of benzene rings is 4. The van der Waals surface area contributed by atoms with Gasteiger partial charge in [0.1, 0.15) is 11.1 Å². The van der Waals surface area contributed by atoms with E-state index in [1.807, 2.05) is 103 Å². The average molecular weight is 469 g/mol. The van der Waals surface area contributed by atoms with Crippen molar-refractivity contribution in [3.8, 4) is 5.75 Å². The number of fused-ring (bicyclic) bond motifs is 1. The molecule has 1 aliphatic heterocycles. The van der Waals surface area contributed by atoms with Crippen LogP contribution in [0.1, 0.15) is 28.2 Å². The van der Waals surface area contributed by atoms with Crippen LogP contribution in [0, 0.1) is 0 Å². The second-order valence-electron chi connectivity index (χ2n) is 7.96. The summed E-state index contributed by atoms with van der Waals surface area (Å²) in [5.74, 6) is 1.14. The third-order valence-corrected chi connectivity index (χ3v) is 6.99. The summed E-state index contributed by atoms with van der Waals surface area (Å²) in [6, 6.07) is 28.9. The molecular formula is C28H24N2O3S.